The standard InChI is InChI=1S/C17H28N2O2/c1-13(2)9-18-11-15-5-7-16(8-6-15)21-12-17(20)19-10-14(3)4/h5-8,13-14,18H,9-12H2,1-4H3,(H,19,20). The first-order chi connectivity index (χ1) is 9.97. The number of carbonyl (C=O) groups excluding carboxylic acids is 1. The van der Waals surface area contributed by atoms with E-state index in [0.29, 0.717) is 18.4 Å². The fraction of sp³-hybridized carbons (Fsp3) is 0.588. The van der Waals surface area contributed by atoms with Crippen molar-refractivity contribution in [3.05, 3.63) is 29.8 Å². The van der Waals surface area contributed by atoms with E-state index in [1.807, 2.05) is 24.3 Å². The molecule has 1 aromatic rings. The fourth-order valence-electron chi connectivity index (χ4n) is 1.73. The van der Waals surface area contributed by atoms with Gasteiger partial charge in [0.1, 0.15) is 5.75 Å². The summed E-state index contributed by atoms with van der Waals surface area (Å²) in [7, 11) is 0. The van der Waals surface area contributed by atoms with Crippen molar-refractivity contribution in [2.45, 2.75) is 34.2 Å². The van der Waals surface area contributed by atoms with Crippen molar-refractivity contribution in [3.63, 3.8) is 0 Å². The molecule has 4 heteroatoms. The Morgan fingerprint density at radius 3 is 2.24 bits per heavy atom. The molecule has 1 rings (SSSR count). The van der Waals surface area contributed by atoms with E-state index in [0.717, 1.165) is 18.8 Å². The molecule has 0 spiro atoms. The maximum atomic E-state index is 11.5. The lowest BCUT2D eigenvalue weighted by Crippen LogP contribution is -2.31. The first-order valence-electron chi connectivity index (χ1n) is 7.66. The van der Waals surface area contributed by atoms with Crippen LogP contribution in [0.4, 0.5) is 0 Å². The van der Waals surface area contributed by atoms with E-state index in [1.165, 1.54) is 5.56 Å². The molecule has 0 bridgehead atoms. The van der Waals surface area contributed by atoms with Crippen LogP contribution in [-0.2, 0) is 11.3 Å². The Bertz CT molecular complexity index is 413. The monoisotopic (exact) mass is 292 g/mol. The summed E-state index contributed by atoms with van der Waals surface area (Å²) in [6.45, 7) is 11.1. The molecular formula is C17H28N2O2. The second-order valence-corrected chi connectivity index (χ2v) is 6.16. The highest BCUT2D eigenvalue weighted by atomic mass is 16.5. The van der Waals surface area contributed by atoms with Crippen molar-refractivity contribution in [1.29, 1.82) is 0 Å². The van der Waals surface area contributed by atoms with Crippen LogP contribution in [0.15, 0.2) is 24.3 Å². The van der Waals surface area contributed by atoms with Crippen molar-refractivity contribution in [1.82, 2.24) is 10.6 Å². The molecule has 0 atom stereocenters. The summed E-state index contributed by atoms with van der Waals surface area (Å²) >= 11 is 0. The average molecular weight is 292 g/mol. The van der Waals surface area contributed by atoms with Gasteiger partial charge in [0.25, 0.3) is 5.91 Å². The van der Waals surface area contributed by atoms with Gasteiger partial charge in [-0.3, -0.25) is 4.79 Å². The second-order valence-electron chi connectivity index (χ2n) is 6.16. The topological polar surface area (TPSA) is 50.4 Å². The van der Waals surface area contributed by atoms with E-state index in [9.17, 15) is 4.79 Å². The molecule has 0 unspecified atom stereocenters. The lowest BCUT2D eigenvalue weighted by atomic mass is 10.2. The first-order valence-corrected chi connectivity index (χ1v) is 7.66. The smallest absolute Gasteiger partial charge is 0.257 e. The van der Waals surface area contributed by atoms with Gasteiger partial charge in [0.05, 0.1) is 0 Å². The van der Waals surface area contributed by atoms with E-state index < -0.39 is 0 Å². The molecule has 1 amide bonds. The van der Waals surface area contributed by atoms with E-state index in [2.05, 4.69) is 38.3 Å². The van der Waals surface area contributed by atoms with Gasteiger partial charge in [0, 0.05) is 13.1 Å². The Kier molecular flexibility index (Phi) is 7.83. The third-order valence-electron chi connectivity index (χ3n) is 2.88. The lowest BCUT2D eigenvalue weighted by molar-refractivity contribution is -0.123. The summed E-state index contributed by atoms with van der Waals surface area (Å²) in [5.74, 6) is 1.75. The second kappa shape index (κ2) is 9.40. The van der Waals surface area contributed by atoms with Gasteiger partial charge in [0.15, 0.2) is 6.61 Å². The molecule has 0 saturated heterocycles. The average Bonchev–Trinajstić information content (AvgIpc) is 2.44. The molecule has 2 N–H and O–H groups in total. The van der Waals surface area contributed by atoms with Gasteiger partial charge in [-0.1, -0.05) is 39.8 Å². The summed E-state index contributed by atoms with van der Waals surface area (Å²) in [5.41, 5.74) is 1.22. The molecule has 0 aromatic heterocycles. The third-order valence-corrected chi connectivity index (χ3v) is 2.88. The van der Waals surface area contributed by atoms with Crippen LogP contribution in [-0.4, -0.2) is 25.6 Å². The summed E-state index contributed by atoms with van der Waals surface area (Å²) in [4.78, 5) is 11.5. The quantitative estimate of drug-likeness (QED) is 0.735. The summed E-state index contributed by atoms with van der Waals surface area (Å²) in [6, 6.07) is 7.85. The number of rotatable bonds is 9. The van der Waals surface area contributed by atoms with Crippen molar-refractivity contribution in [2.24, 2.45) is 11.8 Å². The van der Waals surface area contributed by atoms with Gasteiger partial charge >= 0.3 is 0 Å². The van der Waals surface area contributed by atoms with Crippen molar-refractivity contribution < 1.29 is 9.53 Å². The maximum absolute atomic E-state index is 11.5. The summed E-state index contributed by atoms with van der Waals surface area (Å²) in [5, 5.41) is 6.22. The van der Waals surface area contributed by atoms with Crippen molar-refractivity contribution >= 4 is 5.91 Å². The molecular weight excluding hydrogens is 264 g/mol. The largest absolute Gasteiger partial charge is 0.484 e. The summed E-state index contributed by atoms with van der Waals surface area (Å²) in [6.07, 6.45) is 0. The molecule has 0 radical (unpaired) electrons. The Balaban J connectivity index is 2.29. The van der Waals surface area contributed by atoms with Crippen molar-refractivity contribution in [3.8, 4) is 5.75 Å². The van der Waals surface area contributed by atoms with E-state index in [1.54, 1.807) is 0 Å². The highest BCUT2D eigenvalue weighted by Crippen LogP contribution is 2.12. The molecule has 0 aliphatic rings. The number of carbonyl (C=O) groups is 1. The Morgan fingerprint density at radius 1 is 1.05 bits per heavy atom. The number of benzene rings is 1. The Morgan fingerprint density at radius 2 is 1.67 bits per heavy atom. The minimum absolute atomic E-state index is 0.0671. The van der Waals surface area contributed by atoms with Gasteiger partial charge in [-0.2, -0.15) is 0 Å². The lowest BCUT2D eigenvalue weighted by Gasteiger charge is -2.10. The zero-order valence-corrected chi connectivity index (χ0v) is 13.6. The molecule has 0 heterocycles. The number of hydrogen-bond acceptors (Lipinski definition) is 3. The molecule has 0 aliphatic heterocycles. The highest BCUT2D eigenvalue weighted by molar-refractivity contribution is 5.77. The fourth-order valence-corrected chi connectivity index (χ4v) is 1.73. The molecule has 1 aromatic carbocycles. The van der Waals surface area contributed by atoms with Crippen LogP contribution in [0.25, 0.3) is 0 Å². The molecule has 118 valence electrons. The molecule has 0 aliphatic carbocycles. The first kappa shape index (κ1) is 17.5. The zero-order chi connectivity index (χ0) is 15.7. The highest BCUT2D eigenvalue weighted by Gasteiger charge is 2.03. The predicted molar refractivity (Wildman–Crippen MR) is 86.3 cm³/mol. The van der Waals surface area contributed by atoms with E-state index >= 15 is 0 Å². The SMILES string of the molecule is CC(C)CNCc1ccc(OCC(=O)NCC(C)C)cc1. The van der Waals surface area contributed by atoms with Gasteiger partial charge in [0.2, 0.25) is 0 Å². The predicted octanol–water partition coefficient (Wildman–Crippen LogP) is 2.58. The van der Waals surface area contributed by atoms with E-state index in [-0.39, 0.29) is 12.5 Å². The molecule has 0 fully saturated rings. The van der Waals surface area contributed by atoms with Crippen LogP contribution in [0.1, 0.15) is 33.3 Å². The van der Waals surface area contributed by atoms with Crippen LogP contribution < -0.4 is 15.4 Å². The van der Waals surface area contributed by atoms with Gasteiger partial charge in [-0.15, -0.1) is 0 Å². The van der Waals surface area contributed by atoms with Crippen LogP contribution in [0.5, 0.6) is 5.75 Å². The minimum atomic E-state index is -0.0774. The normalized spacial score (nSPS) is 11.0. The molecule has 21 heavy (non-hydrogen) atoms. The van der Waals surface area contributed by atoms with Crippen LogP contribution in [0.3, 0.4) is 0 Å². The summed E-state index contributed by atoms with van der Waals surface area (Å²) < 4.78 is 5.47. The number of nitrogens with one attached hydrogen (secondary N) is 2. The van der Waals surface area contributed by atoms with Crippen LogP contribution in [0, 0.1) is 11.8 Å². The van der Waals surface area contributed by atoms with Crippen LogP contribution in [0.2, 0.25) is 0 Å². The van der Waals surface area contributed by atoms with Gasteiger partial charge in [-0.25, -0.2) is 0 Å². The third kappa shape index (κ3) is 8.35. The molecule has 0 saturated carbocycles. The Hall–Kier alpha value is -1.55. The van der Waals surface area contributed by atoms with E-state index in [4.69, 9.17) is 4.74 Å². The van der Waals surface area contributed by atoms with Crippen LogP contribution >= 0.6 is 0 Å². The number of hydrogen-bond donors (Lipinski definition) is 2. The zero-order valence-electron chi connectivity index (χ0n) is 13.6. The van der Waals surface area contributed by atoms with Gasteiger partial charge < -0.3 is 15.4 Å². The maximum Gasteiger partial charge on any atom is 0.257 e. The van der Waals surface area contributed by atoms with Gasteiger partial charge in [-0.05, 0) is 36.1 Å². The Labute approximate surface area is 128 Å². The van der Waals surface area contributed by atoms with Crippen molar-refractivity contribution in [2.75, 3.05) is 19.7 Å². The number of amides is 1. The minimum Gasteiger partial charge on any atom is -0.484 e. The number of ether oxygens (including phenoxy) is 1. The molecule has 4 nitrogen and oxygen atoms in total.